The van der Waals surface area contributed by atoms with Gasteiger partial charge in [-0.1, -0.05) is 83.9 Å². The standard InChI is InChI=1S/C28H31ClN2O2S/c1-3-30-28(33)26(17-22-9-5-4-6-10-22)31(18-24-11-7-8-21(2)16-24)27(32)20-34-19-23-12-14-25(29)15-13-23/h4-16,26H,3,17-20H2,1-2H3,(H,30,33). The summed E-state index contributed by atoms with van der Waals surface area (Å²) in [6.45, 7) is 4.83. The van der Waals surface area contributed by atoms with Gasteiger partial charge in [0.25, 0.3) is 0 Å². The maximum absolute atomic E-state index is 13.5. The molecule has 3 aromatic carbocycles. The van der Waals surface area contributed by atoms with E-state index < -0.39 is 6.04 Å². The Morgan fingerprint density at radius 3 is 2.32 bits per heavy atom. The summed E-state index contributed by atoms with van der Waals surface area (Å²) in [6.07, 6.45) is 0.464. The zero-order valence-corrected chi connectivity index (χ0v) is 21.2. The molecule has 0 aliphatic rings. The highest BCUT2D eigenvalue weighted by atomic mass is 35.5. The van der Waals surface area contributed by atoms with Gasteiger partial charge in [0.15, 0.2) is 0 Å². The molecule has 0 bridgehead atoms. The number of nitrogens with one attached hydrogen (secondary N) is 1. The van der Waals surface area contributed by atoms with Crippen LogP contribution in [-0.2, 0) is 28.3 Å². The van der Waals surface area contributed by atoms with E-state index in [1.54, 1.807) is 16.7 Å². The third-order valence-corrected chi connectivity index (χ3v) is 6.71. The average molecular weight is 495 g/mol. The van der Waals surface area contributed by atoms with Gasteiger partial charge in [-0.05, 0) is 42.7 Å². The molecular formula is C28H31ClN2O2S. The number of likely N-dealkylation sites (N-methyl/N-ethyl adjacent to an activating group) is 1. The van der Waals surface area contributed by atoms with Crippen LogP contribution in [0.1, 0.15) is 29.2 Å². The number of aryl methyl sites for hydroxylation is 1. The number of rotatable bonds is 11. The van der Waals surface area contributed by atoms with Gasteiger partial charge in [-0.2, -0.15) is 0 Å². The largest absolute Gasteiger partial charge is 0.355 e. The van der Waals surface area contributed by atoms with Crippen LogP contribution >= 0.6 is 23.4 Å². The van der Waals surface area contributed by atoms with Crippen LogP contribution < -0.4 is 5.32 Å². The van der Waals surface area contributed by atoms with E-state index in [1.165, 1.54) is 0 Å². The summed E-state index contributed by atoms with van der Waals surface area (Å²) in [5.74, 6) is 0.813. The summed E-state index contributed by atoms with van der Waals surface area (Å²) < 4.78 is 0. The molecule has 0 aliphatic heterocycles. The fourth-order valence-corrected chi connectivity index (χ4v) is 4.77. The first-order valence-electron chi connectivity index (χ1n) is 11.4. The lowest BCUT2D eigenvalue weighted by molar-refractivity contribution is -0.139. The summed E-state index contributed by atoms with van der Waals surface area (Å²) in [4.78, 5) is 28.4. The number of amides is 2. The highest BCUT2D eigenvalue weighted by Crippen LogP contribution is 2.20. The second kappa shape index (κ2) is 13.2. The molecule has 0 aromatic heterocycles. The highest BCUT2D eigenvalue weighted by molar-refractivity contribution is 7.99. The van der Waals surface area contributed by atoms with Crippen molar-refractivity contribution in [2.75, 3.05) is 12.3 Å². The number of hydrogen-bond acceptors (Lipinski definition) is 3. The van der Waals surface area contributed by atoms with E-state index in [2.05, 4.69) is 11.4 Å². The summed E-state index contributed by atoms with van der Waals surface area (Å²) in [5.41, 5.74) is 4.27. The third-order valence-electron chi connectivity index (χ3n) is 5.47. The van der Waals surface area contributed by atoms with E-state index in [4.69, 9.17) is 11.6 Å². The van der Waals surface area contributed by atoms with Gasteiger partial charge in [-0.15, -0.1) is 11.8 Å². The molecule has 0 saturated heterocycles. The minimum atomic E-state index is -0.591. The van der Waals surface area contributed by atoms with Gasteiger partial charge in [0.2, 0.25) is 11.8 Å². The first-order valence-corrected chi connectivity index (χ1v) is 13.0. The van der Waals surface area contributed by atoms with Crippen LogP contribution in [0.2, 0.25) is 5.02 Å². The highest BCUT2D eigenvalue weighted by Gasteiger charge is 2.30. The van der Waals surface area contributed by atoms with Crippen LogP contribution in [0.25, 0.3) is 0 Å². The normalized spacial score (nSPS) is 11.6. The fraction of sp³-hybridized carbons (Fsp3) is 0.286. The van der Waals surface area contributed by atoms with Gasteiger partial charge in [-0.3, -0.25) is 9.59 Å². The predicted molar refractivity (Wildman–Crippen MR) is 142 cm³/mol. The lowest BCUT2D eigenvalue weighted by Crippen LogP contribution is -2.51. The molecule has 178 valence electrons. The Balaban J connectivity index is 1.81. The molecule has 3 rings (SSSR count). The average Bonchev–Trinajstić information content (AvgIpc) is 2.83. The molecule has 0 saturated carbocycles. The van der Waals surface area contributed by atoms with Gasteiger partial charge >= 0.3 is 0 Å². The van der Waals surface area contributed by atoms with Gasteiger partial charge in [0.1, 0.15) is 6.04 Å². The van der Waals surface area contributed by atoms with E-state index in [1.807, 2.05) is 86.6 Å². The number of halogens is 1. The smallest absolute Gasteiger partial charge is 0.243 e. The Hall–Kier alpha value is -2.76. The molecule has 1 N–H and O–H groups in total. The molecule has 6 heteroatoms. The van der Waals surface area contributed by atoms with Crippen molar-refractivity contribution in [3.05, 3.63) is 106 Å². The first kappa shape index (κ1) is 25.9. The molecule has 0 heterocycles. The minimum Gasteiger partial charge on any atom is -0.355 e. The van der Waals surface area contributed by atoms with Crippen molar-refractivity contribution in [3.63, 3.8) is 0 Å². The molecule has 4 nitrogen and oxygen atoms in total. The molecule has 2 amide bonds. The molecule has 0 fully saturated rings. The minimum absolute atomic E-state index is 0.0485. The number of carbonyl (C=O) groups is 2. The zero-order valence-electron chi connectivity index (χ0n) is 19.7. The van der Waals surface area contributed by atoms with E-state index in [-0.39, 0.29) is 11.8 Å². The predicted octanol–water partition coefficient (Wildman–Crippen LogP) is 5.66. The van der Waals surface area contributed by atoms with Gasteiger partial charge in [0.05, 0.1) is 5.75 Å². The van der Waals surface area contributed by atoms with Gasteiger partial charge < -0.3 is 10.2 Å². The SMILES string of the molecule is CCNC(=O)C(Cc1ccccc1)N(Cc1cccc(C)c1)C(=O)CSCc1ccc(Cl)cc1. The molecule has 0 radical (unpaired) electrons. The second-order valence-electron chi connectivity index (χ2n) is 8.23. The van der Waals surface area contributed by atoms with E-state index in [0.29, 0.717) is 36.0 Å². The van der Waals surface area contributed by atoms with Crippen molar-refractivity contribution >= 4 is 35.2 Å². The number of benzene rings is 3. The Morgan fingerprint density at radius 1 is 0.941 bits per heavy atom. The third kappa shape index (κ3) is 7.93. The summed E-state index contributed by atoms with van der Waals surface area (Å²) in [6, 6.07) is 25.0. The van der Waals surface area contributed by atoms with Crippen LogP contribution in [0.15, 0.2) is 78.9 Å². The monoisotopic (exact) mass is 494 g/mol. The lowest BCUT2D eigenvalue weighted by Gasteiger charge is -2.31. The van der Waals surface area contributed by atoms with Crippen LogP contribution in [0, 0.1) is 6.92 Å². The summed E-state index contributed by atoms with van der Waals surface area (Å²) in [5, 5.41) is 3.63. The number of hydrogen-bond donors (Lipinski definition) is 1. The van der Waals surface area contributed by atoms with Crippen LogP contribution in [0.4, 0.5) is 0 Å². The molecule has 0 spiro atoms. The number of carbonyl (C=O) groups excluding carboxylic acids is 2. The van der Waals surface area contributed by atoms with Crippen molar-refractivity contribution in [1.82, 2.24) is 10.2 Å². The van der Waals surface area contributed by atoms with Crippen molar-refractivity contribution < 1.29 is 9.59 Å². The topological polar surface area (TPSA) is 49.4 Å². The Morgan fingerprint density at radius 2 is 1.65 bits per heavy atom. The van der Waals surface area contributed by atoms with E-state index >= 15 is 0 Å². The Kier molecular flexibility index (Phi) is 10.0. The molecule has 0 aliphatic carbocycles. The molecule has 1 atom stereocenters. The lowest BCUT2D eigenvalue weighted by atomic mass is 10.0. The van der Waals surface area contributed by atoms with Crippen molar-refractivity contribution in [2.45, 2.75) is 38.6 Å². The molecule has 34 heavy (non-hydrogen) atoms. The van der Waals surface area contributed by atoms with E-state index in [0.717, 1.165) is 22.3 Å². The number of nitrogens with zero attached hydrogens (tertiary/aromatic N) is 1. The van der Waals surface area contributed by atoms with Gasteiger partial charge in [0, 0.05) is 30.3 Å². The van der Waals surface area contributed by atoms with Gasteiger partial charge in [-0.25, -0.2) is 0 Å². The number of thioether (sulfide) groups is 1. The van der Waals surface area contributed by atoms with Crippen LogP contribution in [-0.4, -0.2) is 35.1 Å². The van der Waals surface area contributed by atoms with E-state index in [9.17, 15) is 9.59 Å². The quantitative estimate of drug-likeness (QED) is 0.374. The Bertz CT molecular complexity index is 1070. The second-order valence-corrected chi connectivity index (χ2v) is 9.65. The van der Waals surface area contributed by atoms with Crippen molar-refractivity contribution in [3.8, 4) is 0 Å². The summed E-state index contributed by atoms with van der Waals surface area (Å²) in [7, 11) is 0. The first-order chi connectivity index (χ1) is 16.5. The van der Waals surface area contributed by atoms with Crippen LogP contribution in [0.5, 0.6) is 0 Å². The summed E-state index contributed by atoms with van der Waals surface area (Å²) >= 11 is 7.52. The van der Waals surface area contributed by atoms with Crippen LogP contribution in [0.3, 0.4) is 0 Å². The maximum Gasteiger partial charge on any atom is 0.243 e. The van der Waals surface area contributed by atoms with Crippen molar-refractivity contribution in [2.24, 2.45) is 0 Å². The fourth-order valence-electron chi connectivity index (χ4n) is 3.77. The zero-order chi connectivity index (χ0) is 24.3. The maximum atomic E-state index is 13.5. The molecule has 3 aromatic rings. The van der Waals surface area contributed by atoms with Crippen molar-refractivity contribution in [1.29, 1.82) is 0 Å². The Labute approximate surface area is 211 Å². The molecule has 1 unspecified atom stereocenters. The molecular weight excluding hydrogens is 464 g/mol.